The molecule has 0 radical (unpaired) electrons. The highest BCUT2D eigenvalue weighted by Crippen LogP contribution is 2.42. The normalized spacial score (nSPS) is 27.9. The summed E-state index contributed by atoms with van der Waals surface area (Å²) in [6, 6.07) is 5.99. The molecule has 0 spiro atoms. The number of benzene rings is 1. The lowest BCUT2D eigenvalue weighted by molar-refractivity contribution is -0.136. The molecule has 0 unspecified atom stereocenters. The predicted molar refractivity (Wildman–Crippen MR) is 139 cm³/mol. The van der Waals surface area contributed by atoms with E-state index in [4.69, 9.17) is 28.3 Å². The molecule has 1 aromatic carbocycles. The summed E-state index contributed by atoms with van der Waals surface area (Å²) < 4.78 is 24.6. The van der Waals surface area contributed by atoms with E-state index in [-0.39, 0.29) is 11.3 Å². The molecular weight excluding hydrogens is 507 g/mol. The lowest BCUT2D eigenvalue weighted by atomic mass is 9.71. The van der Waals surface area contributed by atoms with Gasteiger partial charge in [0.15, 0.2) is 0 Å². The lowest BCUT2D eigenvalue weighted by Gasteiger charge is -2.48. The molecule has 10 heteroatoms. The molecule has 1 aliphatic carbocycles. The molecule has 4 aliphatic rings. The van der Waals surface area contributed by atoms with Gasteiger partial charge in [-0.1, -0.05) is 29.3 Å². The number of halogens is 2. The van der Waals surface area contributed by atoms with E-state index in [0.717, 1.165) is 58.4 Å². The Morgan fingerprint density at radius 1 is 1.03 bits per heavy atom. The third-order valence-corrected chi connectivity index (χ3v) is 10.6. The fourth-order valence-electron chi connectivity index (χ4n) is 6.29. The van der Waals surface area contributed by atoms with Gasteiger partial charge >= 0.3 is 0 Å². The zero-order valence-electron chi connectivity index (χ0n) is 20.2. The van der Waals surface area contributed by atoms with Crippen molar-refractivity contribution in [2.45, 2.75) is 50.4 Å². The molecule has 35 heavy (non-hydrogen) atoms. The number of amides is 1. The second-order valence-electron chi connectivity index (χ2n) is 11.2. The van der Waals surface area contributed by atoms with Crippen molar-refractivity contribution in [3.63, 3.8) is 0 Å². The zero-order valence-corrected chi connectivity index (χ0v) is 22.5. The summed E-state index contributed by atoms with van der Waals surface area (Å²) in [7, 11) is -3.57. The fraction of sp³-hybridized carbons (Fsp3) is 0.720. The molecule has 0 aromatic heterocycles. The summed E-state index contributed by atoms with van der Waals surface area (Å²) in [5.74, 6) is 2.13. The first-order valence-electron chi connectivity index (χ1n) is 12.9. The quantitative estimate of drug-likeness (QED) is 0.544. The highest BCUT2D eigenvalue weighted by atomic mass is 35.5. The number of nitrogens with zero attached hydrogens (tertiary/aromatic N) is 3. The van der Waals surface area contributed by atoms with E-state index < -0.39 is 10.2 Å². The minimum absolute atomic E-state index is 0.108. The van der Waals surface area contributed by atoms with Gasteiger partial charge < -0.3 is 9.80 Å². The number of hydrogen-bond donors (Lipinski definition) is 1. The van der Waals surface area contributed by atoms with E-state index in [9.17, 15) is 13.2 Å². The second-order valence-corrected chi connectivity index (χ2v) is 13.5. The largest absolute Gasteiger partial charge is 0.342 e. The van der Waals surface area contributed by atoms with Crippen LogP contribution in [-0.2, 0) is 20.4 Å². The monoisotopic (exact) mass is 542 g/mol. The molecule has 7 nitrogen and oxygen atoms in total. The smallest absolute Gasteiger partial charge is 0.276 e. The summed E-state index contributed by atoms with van der Waals surface area (Å²) >= 11 is 12.7. The van der Waals surface area contributed by atoms with E-state index >= 15 is 0 Å². The van der Waals surface area contributed by atoms with E-state index in [1.807, 2.05) is 12.1 Å². The van der Waals surface area contributed by atoms with Crippen molar-refractivity contribution in [2.24, 2.45) is 22.9 Å². The molecule has 1 aromatic rings. The molecule has 3 saturated heterocycles. The van der Waals surface area contributed by atoms with Gasteiger partial charge in [-0.2, -0.15) is 12.7 Å². The Morgan fingerprint density at radius 3 is 2.37 bits per heavy atom. The van der Waals surface area contributed by atoms with Crippen molar-refractivity contribution in [2.75, 3.05) is 45.8 Å². The van der Waals surface area contributed by atoms with Crippen molar-refractivity contribution >= 4 is 39.3 Å². The van der Waals surface area contributed by atoms with E-state index in [0.29, 0.717) is 47.3 Å². The molecule has 194 valence electrons. The Balaban J connectivity index is 1.21. The van der Waals surface area contributed by atoms with Crippen molar-refractivity contribution in [3.05, 3.63) is 33.8 Å². The van der Waals surface area contributed by atoms with Crippen LogP contribution in [0.2, 0.25) is 10.0 Å². The summed E-state index contributed by atoms with van der Waals surface area (Å²) in [6.45, 7) is 5.80. The SMILES string of the molecule is NS(=O)(=O)N1CCC(C2CN(CC[C@]3(c4ccc(Cl)c(Cl)c4)CCC(=O)N(CC4CC4)C3)C2)CC1. The Labute approximate surface area is 219 Å². The maximum Gasteiger partial charge on any atom is 0.276 e. The highest BCUT2D eigenvalue weighted by molar-refractivity contribution is 7.86. The third kappa shape index (κ3) is 5.83. The first kappa shape index (κ1) is 25.7. The first-order valence-corrected chi connectivity index (χ1v) is 15.1. The van der Waals surface area contributed by atoms with Crippen LogP contribution in [-0.4, -0.2) is 74.2 Å². The first-order chi connectivity index (χ1) is 16.6. The molecule has 5 rings (SSSR count). The summed E-state index contributed by atoms with van der Waals surface area (Å²) in [4.78, 5) is 17.3. The lowest BCUT2D eigenvalue weighted by Crippen LogP contribution is -2.55. The Bertz CT molecular complexity index is 1050. The standard InChI is InChI=1S/C25H36Cl2N4O3S/c26-22-4-3-21(13-23(22)27)25(8-5-24(32)30(17-25)14-18-1-2-18)9-12-29-15-20(16-29)19-6-10-31(11-7-19)35(28,33)34/h3-4,13,18-20H,1-2,5-12,14-17H2,(H2,28,33,34)/t25-/m1/s1. The average Bonchev–Trinajstić information content (AvgIpc) is 3.60. The highest BCUT2D eigenvalue weighted by Gasteiger charge is 2.43. The molecule has 1 amide bonds. The number of likely N-dealkylation sites (tertiary alicyclic amines) is 2. The van der Waals surface area contributed by atoms with Gasteiger partial charge in [0.1, 0.15) is 0 Å². The summed E-state index contributed by atoms with van der Waals surface area (Å²) in [5, 5.41) is 6.42. The summed E-state index contributed by atoms with van der Waals surface area (Å²) in [5.41, 5.74) is 1.08. The molecule has 2 N–H and O–H groups in total. The van der Waals surface area contributed by atoms with E-state index in [1.165, 1.54) is 22.7 Å². The van der Waals surface area contributed by atoms with Crippen molar-refractivity contribution in [1.29, 1.82) is 0 Å². The molecule has 1 atom stereocenters. The Morgan fingerprint density at radius 2 is 1.74 bits per heavy atom. The Hall–Kier alpha value is -0.900. The van der Waals surface area contributed by atoms with Crippen molar-refractivity contribution < 1.29 is 13.2 Å². The van der Waals surface area contributed by atoms with E-state index in [1.54, 1.807) is 0 Å². The van der Waals surface area contributed by atoms with Gasteiger partial charge in [0.05, 0.1) is 10.0 Å². The van der Waals surface area contributed by atoms with Crippen LogP contribution in [0.1, 0.15) is 50.5 Å². The van der Waals surface area contributed by atoms with Crippen LogP contribution in [0, 0.1) is 17.8 Å². The maximum absolute atomic E-state index is 12.7. The fourth-order valence-corrected chi connectivity index (χ4v) is 7.31. The topological polar surface area (TPSA) is 87.0 Å². The van der Waals surface area contributed by atoms with Crippen LogP contribution in [0.4, 0.5) is 0 Å². The van der Waals surface area contributed by atoms with Gasteiger partial charge in [0.25, 0.3) is 10.2 Å². The molecular formula is C25H36Cl2N4O3S. The minimum atomic E-state index is -3.57. The Kier molecular flexibility index (Phi) is 7.43. The van der Waals surface area contributed by atoms with Gasteiger partial charge in [0.2, 0.25) is 5.91 Å². The van der Waals surface area contributed by atoms with Crippen LogP contribution < -0.4 is 5.14 Å². The van der Waals surface area contributed by atoms with Crippen LogP contribution >= 0.6 is 23.2 Å². The zero-order chi connectivity index (χ0) is 24.8. The molecule has 4 fully saturated rings. The summed E-state index contributed by atoms with van der Waals surface area (Å²) in [6.07, 6.45) is 6.65. The average molecular weight is 544 g/mol. The molecule has 3 heterocycles. The number of piperidine rings is 2. The van der Waals surface area contributed by atoms with E-state index in [2.05, 4.69) is 15.9 Å². The van der Waals surface area contributed by atoms with Crippen LogP contribution in [0.3, 0.4) is 0 Å². The number of nitrogens with two attached hydrogens (primary N) is 1. The third-order valence-electron chi connectivity index (χ3n) is 8.79. The number of rotatable bonds is 8. The van der Waals surface area contributed by atoms with Gasteiger partial charge in [0, 0.05) is 51.1 Å². The number of hydrogen-bond acceptors (Lipinski definition) is 4. The second kappa shape index (κ2) is 10.1. The maximum atomic E-state index is 12.7. The van der Waals surface area contributed by atoms with Crippen molar-refractivity contribution in [3.8, 4) is 0 Å². The van der Waals surface area contributed by atoms with Crippen LogP contribution in [0.5, 0.6) is 0 Å². The van der Waals surface area contributed by atoms with Crippen LogP contribution in [0.15, 0.2) is 18.2 Å². The van der Waals surface area contributed by atoms with Gasteiger partial charge in [-0.05, 0) is 80.5 Å². The number of carbonyl (C=O) groups excluding carboxylic acids is 1. The van der Waals surface area contributed by atoms with Gasteiger partial charge in [-0.15, -0.1) is 0 Å². The number of carbonyl (C=O) groups is 1. The predicted octanol–water partition coefficient (Wildman–Crippen LogP) is 3.50. The molecule has 1 saturated carbocycles. The minimum Gasteiger partial charge on any atom is -0.342 e. The van der Waals surface area contributed by atoms with Gasteiger partial charge in [-0.3, -0.25) is 4.79 Å². The molecule has 0 bridgehead atoms. The molecule has 3 aliphatic heterocycles. The van der Waals surface area contributed by atoms with Gasteiger partial charge in [-0.25, -0.2) is 5.14 Å². The van der Waals surface area contributed by atoms with Crippen LogP contribution in [0.25, 0.3) is 0 Å². The van der Waals surface area contributed by atoms with Crippen molar-refractivity contribution in [1.82, 2.24) is 14.1 Å².